The zero-order chi connectivity index (χ0) is 10.2. The van der Waals surface area contributed by atoms with Crippen LogP contribution in [0.15, 0.2) is 24.5 Å². The maximum atomic E-state index is 10.0. The third-order valence-corrected chi connectivity index (χ3v) is 2.43. The summed E-state index contributed by atoms with van der Waals surface area (Å²) in [5, 5.41) is 10.9. The summed E-state index contributed by atoms with van der Waals surface area (Å²) in [6, 6.07) is 3.75. The lowest BCUT2D eigenvalue weighted by molar-refractivity contribution is 0.0684. The number of hydrogen-bond donors (Lipinski definition) is 3. The van der Waals surface area contributed by atoms with Gasteiger partial charge < -0.3 is 15.8 Å². The monoisotopic (exact) mass is 191 g/mol. The smallest absolute Gasteiger partial charge is 0.137 e. The van der Waals surface area contributed by atoms with Crippen molar-refractivity contribution < 1.29 is 5.11 Å². The molecule has 74 valence electrons. The van der Waals surface area contributed by atoms with Crippen LogP contribution in [0.4, 0.5) is 0 Å². The number of aliphatic hydroxyl groups is 1. The lowest BCUT2D eigenvalue weighted by Crippen LogP contribution is -2.30. The molecule has 2 rings (SSSR count). The molecule has 4 heteroatoms. The van der Waals surface area contributed by atoms with E-state index in [4.69, 9.17) is 5.73 Å². The lowest BCUT2D eigenvalue weighted by Gasteiger charge is -2.20. The lowest BCUT2D eigenvalue weighted by atomic mass is 9.97. The second-order valence-corrected chi connectivity index (χ2v) is 3.58. The minimum atomic E-state index is -0.999. The Morgan fingerprint density at radius 1 is 1.64 bits per heavy atom. The van der Waals surface area contributed by atoms with Crippen molar-refractivity contribution in [2.24, 2.45) is 5.73 Å². The summed E-state index contributed by atoms with van der Waals surface area (Å²) in [5.41, 5.74) is 6.07. The van der Waals surface area contributed by atoms with Crippen LogP contribution < -0.4 is 5.73 Å². The summed E-state index contributed by atoms with van der Waals surface area (Å²) in [6.07, 6.45) is 3.46. The zero-order valence-electron chi connectivity index (χ0n) is 7.99. The Morgan fingerprint density at radius 3 is 3.14 bits per heavy atom. The van der Waals surface area contributed by atoms with Crippen molar-refractivity contribution in [1.82, 2.24) is 9.97 Å². The first-order valence-corrected chi connectivity index (χ1v) is 4.50. The SMILES string of the molecule is CC(O)(CN)c1c[nH]c2ncccc12. The number of nitrogens with one attached hydrogen (secondary N) is 1. The van der Waals surface area contributed by atoms with E-state index < -0.39 is 5.60 Å². The van der Waals surface area contributed by atoms with Crippen LogP contribution in [0, 0.1) is 0 Å². The molecule has 0 radical (unpaired) electrons. The molecule has 0 spiro atoms. The van der Waals surface area contributed by atoms with Gasteiger partial charge in [-0.25, -0.2) is 4.98 Å². The predicted octanol–water partition coefficient (Wildman–Crippen LogP) is 0.729. The van der Waals surface area contributed by atoms with Gasteiger partial charge in [-0.15, -0.1) is 0 Å². The van der Waals surface area contributed by atoms with Gasteiger partial charge in [-0.1, -0.05) is 0 Å². The first kappa shape index (κ1) is 9.18. The normalized spacial score (nSPS) is 15.6. The molecular formula is C10H13N3O. The van der Waals surface area contributed by atoms with Gasteiger partial charge in [0.1, 0.15) is 11.2 Å². The summed E-state index contributed by atoms with van der Waals surface area (Å²) in [4.78, 5) is 7.14. The Morgan fingerprint density at radius 2 is 2.43 bits per heavy atom. The largest absolute Gasteiger partial charge is 0.384 e. The molecule has 0 amide bonds. The summed E-state index contributed by atoms with van der Waals surface area (Å²) in [5.74, 6) is 0. The third kappa shape index (κ3) is 1.29. The van der Waals surface area contributed by atoms with Gasteiger partial charge in [0, 0.05) is 29.9 Å². The van der Waals surface area contributed by atoms with E-state index in [2.05, 4.69) is 9.97 Å². The van der Waals surface area contributed by atoms with Gasteiger partial charge in [0.05, 0.1) is 0 Å². The summed E-state index contributed by atoms with van der Waals surface area (Å²) in [7, 11) is 0. The van der Waals surface area contributed by atoms with E-state index >= 15 is 0 Å². The number of nitrogens with zero attached hydrogens (tertiary/aromatic N) is 1. The van der Waals surface area contributed by atoms with Crippen molar-refractivity contribution >= 4 is 11.0 Å². The number of nitrogens with two attached hydrogens (primary N) is 1. The van der Waals surface area contributed by atoms with Gasteiger partial charge in [0.2, 0.25) is 0 Å². The third-order valence-electron chi connectivity index (χ3n) is 2.43. The molecule has 0 aliphatic heterocycles. The number of aromatic amines is 1. The Bertz CT molecular complexity index is 447. The van der Waals surface area contributed by atoms with E-state index in [-0.39, 0.29) is 6.54 Å². The highest BCUT2D eigenvalue weighted by Crippen LogP contribution is 2.26. The number of pyridine rings is 1. The van der Waals surface area contributed by atoms with E-state index in [1.165, 1.54) is 0 Å². The molecule has 2 heterocycles. The Hall–Kier alpha value is -1.39. The van der Waals surface area contributed by atoms with E-state index in [1.807, 2.05) is 12.1 Å². The summed E-state index contributed by atoms with van der Waals surface area (Å²) in [6.45, 7) is 1.89. The molecule has 14 heavy (non-hydrogen) atoms. The van der Waals surface area contributed by atoms with Crippen LogP contribution in [0.3, 0.4) is 0 Å². The molecule has 0 fully saturated rings. The van der Waals surface area contributed by atoms with Crippen LogP contribution >= 0.6 is 0 Å². The maximum Gasteiger partial charge on any atom is 0.137 e. The predicted molar refractivity (Wildman–Crippen MR) is 54.7 cm³/mol. The van der Waals surface area contributed by atoms with Crippen molar-refractivity contribution in [2.75, 3.05) is 6.54 Å². The second-order valence-electron chi connectivity index (χ2n) is 3.58. The number of rotatable bonds is 2. The van der Waals surface area contributed by atoms with E-state index in [0.29, 0.717) is 0 Å². The first-order chi connectivity index (χ1) is 6.65. The van der Waals surface area contributed by atoms with E-state index in [9.17, 15) is 5.11 Å². The van der Waals surface area contributed by atoms with Crippen molar-refractivity contribution in [2.45, 2.75) is 12.5 Å². The van der Waals surface area contributed by atoms with Crippen molar-refractivity contribution in [3.05, 3.63) is 30.1 Å². The molecule has 1 unspecified atom stereocenters. The molecule has 0 aliphatic rings. The molecule has 0 saturated heterocycles. The van der Waals surface area contributed by atoms with Crippen LogP contribution in [0.1, 0.15) is 12.5 Å². The molecule has 0 aromatic carbocycles. The van der Waals surface area contributed by atoms with E-state index in [0.717, 1.165) is 16.6 Å². The van der Waals surface area contributed by atoms with Crippen LogP contribution in [0.25, 0.3) is 11.0 Å². The maximum absolute atomic E-state index is 10.0. The van der Waals surface area contributed by atoms with Crippen LogP contribution in [-0.4, -0.2) is 21.6 Å². The average molecular weight is 191 g/mol. The molecule has 0 saturated carbocycles. The molecule has 0 aliphatic carbocycles. The fourth-order valence-electron chi connectivity index (χ4n) is 1.51. The highest BCUT2D eigenvalue weighted by molar-refractivity contribution is 5.80. The fourth-order valence-corrected chi connectivity index (χ4v) is 1.51. The Balaban J connectivity index is 2.64. The van der Waals surface area contributed by atoms with Crippen LogP contribution in [0.5, 0.6) is 0 Å². The zero-order valence-corrected chi connectivity index (χ0v) is 7.99. The standard InChI is InChI=1S/C10H13N3O/c1-10(14,6-11)8-5-13-9-7(8)3-2-4-12-9/h2-5,14H,6,11H2,1H3,(H,12,13). The number of hydrogen-bond acceptors (Lipinski definition) is 3. The van der Waals surface area contributed by atoms with Crippen molar-refractivity contribution in [3.63, 3.8) is 0 Å². The average Bonchev–Trinajstić information content (AvgIpc) is 2.61. The van der Waals surface area contributed by atoms with Gasteiger partial charge in [0.25, 0.3) is 0 Å². The number of H-pyrrole nitrogens is 1. The summed E-state index contributed by atoms with van der Waals surface area (Å²) >= 11 is 0. The number of fused-ring (bicyclic) bond motifs is 1. The van der Waals surface area contributed by atoms with Crippen molar-refractivity contribution in [1.29, 1.82) is 0 Å². The highest BCUT2D eigenvalue weighted by Gasteiger charge is 2.24. The molecule has 1 atom stereocenters. The second kappa shape index (κ2) is 3.08. The molecule has 0 bridgehead atoms. The topological polar surface area (TPSA) is 74.9 Å². The highest BCUT2D eigenvalue weighted by atomic mass is 16.3. The molecule has 4 nitrogen and oxygen atoms in total. The number of aromatic nitrogens is 2. The molecule has 2 aromatic rings. The minimum absolute atomic E-state index is 0.189. The molecule has 4 N–H and O–H groups in total. The van der Waals surface area contributed by atoms with Gasteiger partial charge in [-0.3, -0.25) is 0 Å². The van der Waals surface area contributed by atoms with E-state index in [1.54, 1.807) is 19.3 Å². The first-order valence-electron chi connectivity index (χ1n) is 4.50. The summed E-state index contributed by atoms with van der Waals surface area (Å²) < 4.78 is 0. The molecule has 2 aromatic heterocycles. The quantitative estimate of drug-likeness (QED) is 0.655. The van der Waals surface area contributed by atoms with Gasteiger partial charge >= 0.3 is 0 Å². The Labute approximate surface area is 81.8 Å². The fraction of sp³-hybridized carbons (Fsp3) is 0.300. The molecular weight excluding hydrogens is 178 g/mol. The van der Waals surface area contributed by atoms with Crippen LogP contribution in [-0.2, 0) is 5.60 Å². The van der Waals surface area contributed by atoms with Crippen LogP contribution in [0.2, 0.25) is 0 Å². The minimum Gasteiger partial charge on any atom is -0.384 e. The van der Waals surface area contributed by atoms with Crippen molar-refractivity contribution in [3.8, 4) is 0 Å². The van der Waals surface area contributed by atoms with Gasteiger partial charge in [-0.05, 0) is 19.1 Å². The van der Waals surface area contributed by atoms with Gasteiger partial charge in [-0.2, -0.15) is 0 Å². The van der Waals surface area contributed by atoms with Gasteiger partial charge in [0.15, 0.2) is 0 Å². The Kier molecular flexibility index (Phi) is 2.02.